The lowest BCUT2D eigenvalue weighted by molar-refractivity contribution is 0.0953. The number of carbonyl (C=O) groups excluding carboxylic acids is 1. The van der Waals surface area contributed by atoms with Crippen LogP contribution >= 0.6 is 0 Å². The molecule has 0 saturated carbocycles. The van der Waals surface area contributed by atoms with E-state index in [2.05, 4.69) is 25.5 Å². The van der Waals surface area contributed by atoms with Crippen molar-refractivity contribution < 1.29 is 4.79 Å². The molecule has 3 N–H and O–H groups in total. The molecule has 0 spiro atoms. The number of aromatic nitrogens is 1. The minimum absolute atomic E-state index is 0.0297. The maximum Gasteiger partial charge on any atom is 0.251 e. The molecule has 1 aromatic heterocycles. The van der Waals surface area contributed by atoms with E-state index in [1.165, 1.54) is 0 Å². The first-order valence-corrected chi connectivity index (χ1v) is 8.65. The van der Waals surface area contributed by atoms with Gasteiger partial charge in [-0.05, 0) is 36.2 Å². The molecule has 0 fully saturated rings. The first-order valence-electron chi connectivity index (χ1n) is 8.65. The molecule has 2 aromatic rings. The van der Waals surface area contributed by atoms with Crippen LogP contribution in [0.1, 0.15) is 29.3 Å². The highest BCUT2D eigenvalue weighted by atomic mass is 16.1. The lowest BCUT2D eigenvalue weighted by atomic mass is 10.1. The lowest BCUT2D eigenvalue weighted by Crippen LogP contribution is -2.38. The number of rotatable bonds is 8. The zero-order valence-electron chi connectivity index (χ0n) is 15.0. The molecule has 1 amide bonds. The zero-order chi connectivity index (χ0) is 17.9. The number of nitrogens with zero attached hydrogens (tertiary/aromatic N) is 2. The monoisotopic (exact) mass is 341 g/mol. The molecular formula is C19H27N5O. The second-order valence-corrected chi connectivity index (χ2v) is 5.73. The van der Waals surface area contributed by atoms with Crippen LogP contribution in [-0.4, -0.2) is 36.6 Å². The van der Waals surface area contributed by atoms with Gasteiger partial charge in [0.2, 0.25) is 0 Å². The molecule has 2 rings (SSSR count). The van der Waals surface area contributed by atoms with Crippen molar-refractivity contribution in [2.45, 2.75) is 26.4 Å². The van der Waals surface area contributed by atoms with Gasteiger partial charge in [0.05, 0.1) is 0 Å². The molecule has 1 heterocycles. The number of amides is 1. The first-order chi connectivity index (χ1) is 12.2. The van der Waals surface area contributed by atoms with Crippen LogP contribution in [0, 0.1) is 0 Å². The average Bonchev–Trinajstić information content (AvgIpc) is 3.16. The Labute approximate surface area is 149 Å². The van der Waals surface area contributed by atoms with Gasteiger partial charge in [0.25, 0.3) is 5.91 Å². The highest BCUT2D eigenvalue weighted by Crippen LogP contribution is 2.05. The summed E-state index contributed by atoms with van der Waals surface area (Å²) in [5.74, 6) is 0.714. The summed E-state index contributed by atoms with van der Waals surface area (Å²) in [5.41, 5.74) is 1.72. The fraction of sp³-hybridized carbons (Fsp3) is 0.368. The summed E-state index contributed by atoms with van der Waals surface area (Å²) in [5, 5.41) is 9.45. The van der Waals surface area contributed by atoms with Crippen LogP contribution in [0.3, 0.4) is 0 Å². The van der Waals surface area contributed by atoms with E-state index in [9.17, 15) is 4.79 Å². The highest BCUT2D eigenvalue weighted by molar-refractivity contribution is 5.94. The average molecular weight is 341 g/mol. The van der Waals surface area contributed by atoms with Gasteiger partial charge in [0.15, 0.2) is 5.96 Å². The van der Waals surface area contributed by atoms with Crippen LogP contribution in [0.5, 0.6) is 0 Å². The third-order valence-electron chi connectivity index (χ3n) is 3.74. The fourth-order valence-electron chi connectivity index (χ4n) is 2.39. The Kier molecular flexibility index (Phi) is 7.56. The molecule has 0 aliphatic carbocycles. The molecule has 0 atom stereocenters. The normalized spacial score (nSPS) is 11.2. The number of carbonyl (C=O) groups is 1. The summed E-state index contributed by atoms with van der Waals surface area (Å²) in [6.45, 7) is 5.00. The van der Waals surface area contributed by atoms with Gasteiger partial charge in [-0.1, -0.05) is 19.1 Å². The van der Waals surface area contributed by atoms with E-state index in [0.29, 0.717) is 18.7 Å². The van der Waals surface area contributed by atoms with Crippen molar-refractivity contribution in [2.24, 2.45) is 4.99 Å². The van der Waals surface area contributed by atoms with Crippen LogP contribution < -0.4 is 16.0 Å². The number of benzene rings is 1. The molecule has 6 nitrogen and oxygen atoms in total. The predicted molar refractivity (Wildman–Crippen MR) is 102 cm³/mol. The van der Waals surface area contributed by atoms with Crippen LogP contribution in [0.4, 0.5) is 0 Å². The van der Waals surface area contributed by atoms with Crippen molar-refractivity contribution in [1.29, 1.82) is 0 Å². The maximum absolute atomic E-state index is 12.0. The predicted octanol–water partition coefficient (Wildman–Crippen LogP) is 1.99. The summed E-state index contributed by atoms with van der Waals surface area (Å²) in [7, 11) is 1.75. The molecular weight excluding hydrogens is 314 g/mol. The largest absolute Gasteiger partial charge is 0.355 e. The summed E-state index contributed by atoms with van der Waals surface area (Å²) in [6.07, 6.45) is 5.00. The zero-order valence-corrected chi connectivity index (χ0v) is 15.0. The maximum atomic E-state index is 12.0. The Morgan fingerprint density at radius 3 is 2.60 bits per heavy atom. The molecule has 0 aliphatic rings. The van der Waals surface area contributed by atoms with E-state index in [0.717, 1.165) is 31.0 Å². The highest BCUT2D eigenvalue weighted by Gasteiger charge is 2.05. The topological polar surface area (TPSA) is 70.4 Å². The SMILES string of the molecule is CCCNC(=O)c1cccc(CNC(=NC)NCCn2cccc2)c1. The summed E-state index contributed by atoms with van der Waals surface area (Å²) in [4.78, 5) is 16.3. The second-order valence-electron chi connectivity index (χ2n) is 5.73. The molecule has 0 saturated heterocycles. The van der Waals surface area contributed by atoms with Crippen LogP contribution in [0.25, 0.3) is 0 Å². The number of nitrogens with one attached hydrogen (secondary N) is 3. The van der Waals surface area contributed by atoms with Gasteiger partial charge in [0.1, 0.15) is 0 Å². The van der Waals surface area contributed by atoms with Gasteiger partial charge in [-0.15, -0.1) is 0 Å². The van der Waals surface area contributed by atoms with E-state index < -0.39 is 0 Å². The van der Waals surface area contributed by atoms with Crippen LogP contribution in [0.15, 0.2) is 53.8 Å². The van der Waals surface area contributed by atoms with E-state index >= 15 is 0 Å². The van der Waals surface area contributed by atoms with Gasteiger partial charge >= 0.3 is 0 Å². The van der Waals surface area contributed by atoms with Gasteiger partial charge < -0.3 is 20.5 Å². The van der Waals surface area contributed by atoms with Crippen molar-refractivity contribution >= 4 is 11.9 Å². The third kappa shape index (κ3) is 6.33. The van der Waals surface area contributed by atoms with Crippen molar-refractivity contribution in [2.75, 3.05) is 20.1 Å². The van der Waals surface area contributed by atoms with Crippen molar-refractivity contribution in [3.63, 3.8) is 0 Å². The molecule has 134 valence electrons. The van der Waals surface area contributed by atoms with Gasteiger partial charge in [-0.25, -0.2) is 0 Å². The van der Waals surface area contributed by atoms with E-state index in [4.69, 9.17) is 0 Å². The quantitative estimate of drug-likeness (QED) is 0.508. The van der Waals surface area contributed by atoms with Crippen molar-refractivity contribution in [3.8, 4) is 0 Å². The standard InChI is InChI=1S/C19H27N5O/c1-3-9-21-18(25)17-8-6-7-16(14-17)15-23-19(20-2)22-10-13-24-11-4-5-12-24/h4-8,11-12,14H,3,9-10,13,15H2,1-2H3,(H,21,25)(H2,20,22,23). The molecule has 1 aromatic carbocycles. The van der Waals surface area contributed by atoms with Crippen molar-refractivity contribution in [1.82, 2.24) is 20.5 Å². The Morgan fingerprint density at radius 1 is 1.08 bits per heavy atom. The molecule has 25 heavy (non-hydrogen) atoms. The van der Waals surface area contributed by atoms with Gasteiger partial charge in [0, 0.05) is 51.2 Å². The van der Waals surface area contributed by atoms with Crippen molar-refractivity contribution in [3.05, 3.63) is 59.9 Å². The van der Waals surface area contributed by atoms with Gasteiger partial charge in [-0.2, -0.15) is 0 Å². The first kappa shape index (κ1) is 18.6. The molecule has 0 radical (unpaired) electrons. The Morgan fingerprint density at radius 2 is 1.88 bits per heavy atom. The number of hydrogen-bond acceptors (Lipinski definition) is 2. The molecule has 0 bridgehead atoms. The fourth-order valence-corrected chi connectivity index (χ4v) is 2.39. The van der Waals surface area contributed by atoms with E-state index in [1.807, 2.05) is 55.7 Å². The summed E-state index contributed by atoms with van der Waals surface area (Å²) < 4.78 is 2.11. The molecule has 0 unspecified atom stereocenters. The van der Waals surface area contributed by atoms with E-state index in [-0.39, 0.29) is 5.91 Å². The minimum Gasteiger partial charge on any atom is -0.355 e. The lowest BCUT2D eigenvalue weighted by Gasteiger charge is -2.13. The van der Waals surface area contributed by atoms with Crippen LogP contribution in [-0.2, 0) is 13.1 Å². The summed E-state index contributed by atoms with van der Waals surface area (Å²) >= 11 is 0. The smallest absolute Gasteiger partial charge is 0.251 e. The van der Waals surface area contributed by atoms with E-state index in [1.54, 1.807) is 7.05 Å². The Bertz CT molecular complexity index is 679. The molecule has 0 aliphatic heterocycles. The third-order valence-corrected chi connectivity index (χ3v) is 3.74. The Hall–Kier alpha value is -2.76. The summed E-state index contributed by atoms with van der Waals surface area (Å²) in [6, 6.07) is 11.7. The number of guanidine groups is 1. The Balaban J connectivity index is 1.81. The van der Waals surface area contributed by atoms with Gasteiger partial charge in [-0.3, -0.25) is 9.79 Å². The number of aliphatic imine (C=N–C) groups is 1. The molecule has 6 heteroatoms. The van der Waals surface area contributed by atoms with Crippen LogP contribution in [0.2, 0.25) is 0 Å². The number of hydrogen-bond donors (Lipinski definition) is 3. The second kappa shape index (κ2) is 10.2. The minimum atomic E-state index is -0.0297.